The van der Waals surface area contributed by atoms with E-state index in [1.165, 1.54) is 38.5 Å². The molecule has 4 saturated carbocycles. The van der Waals surface area contributed by atoms with Gasteiger partial charge in [0.1, 0.15) is 0 Å². The number of nitrogens with one attached hydrogen (secondary N) is 1. The van der Waals surface area contributed by atoms with E-state index in [4.69, 9.17) is 0 Å². The normalized spacial score (nSPS) is 47.1. The molecular weight excluding hydrogens is 210 g/mol. The fourth-order valence-electron chi connectivity index (χ4n) is 5.65. The lowest BCUT2D eigenvalue weighted by molar-refractivity contribution is -0.139. The standard InChI is InChI=1S/C15H27NO/c1-14(10-17,9-16-2)15-6-11-3-12(7-15)5-13(4-11)8-15/h11-13,16-17H,3-10H2,1-2H3. The Kier molecular flexibility index (Phi) is 2.79. The second-order valence-corrected chi connectivity index (χ2v) is 7.45. The average Bonchev–Trinajstić information content (AvgIpc) is 2.27. The average molecular weight is 237 g/mol. The van der Waals surface area contributed by atoms with Crippen LogP contribution in [0.3, 0.4) is 0 Å². The predicted octanol–water partition coefficient (Wildman–Crippen LogP) is 2.42. The Balaban J connectivity index is 1.90. The molecule has 0 saturated heterocycles. The van der Waals surface area contributed by atoms with Crippen molar-refractivity contribution in [2.75, 3.05) is 20.2 Å². The van der Waals surface area contributed by atoms with Gasteiger partial charge in [-0.25, -0.2) is 0 Å². The summed E-state index contributed by atoms with van der Waals surface area (Å²) in [6, 6.07) is 0. The van der Waals surface area contributed by atoms with Crippen LogP contribution in [0.5, 0.6) is 0 Å². The van der Waals surface area contributed by atoms with Crippen molar-refractivity contribution < 1.29 is 5.11 Å². The van der Waals surface area contributed by atoms with E-state index in [0.717, 1.165) is 24.3 Å². The molecule has 0 spiro atoms. The van der Waals surface area contributed by atoms with Crippen molar-refractivity contribution in [1.29, 1.82) is 0 Å². The van der Waals surface area contributed by atoms with E-state index >= 15 is 0 Å². The van der Waals surface area contributed by atoms with Crippen LogP contribution in [0.25, 0.3) is 0 Å². The minimum absolute atomic E-state index is 0.0950. The highest BCUT2D eigenvalue weighted by Crippen LogP contribution is 2.65. The van der Waals surface area contributed by atoms with E-state index < -0.39 is 0 Å². The van der Waals surface area contributed by atoms with Crippen molar-refractivity contribution in [1.82, 2.24) is 5.32 Å². The first kappa shape index (κ1) is 12.0. The lowest BCUT2D eigenvalue weighted by Gasteiger charge is -2.63. The Hall–Kier alpha value is -0.0800. The third-order valence-electron chi connectivity index (χ3n) is 6.23. The van der Waals surface area contributed by atoms with Crippen molar-refractivity contribution in [3.05, 3.63) is 0 Å². The Bertz CT molecular complexity index is 266. The number of aliphatic hydroxyl groups excluding tert-OH is 1. The first-order chi connectivity index (χ1) is 8.11. The highest BCUT2D eigenvalue weighted by atomic mass is 16.3. The smallest absolute Gasteiger partial charge is 0.0502 e. The summed E-state index contributed by atoms with van der Waals surface area (Å²) in [7, 11) is 2.02. The van der Waals surface area contributed by atoms with Crippen molar-refractivity contribution in [3.63, 3.8) is 0 Å². The lowest BCUT2D eigenvalue weighted by atomic mass is 9.43. The Morgan fingerprint density at radius 3 is 1.94 bits per heavy atom. The Morgan fingerprint density at radius 2 is 1.59 bits per heavy atom. The Morgan fingerprint density at radius 1 is 1.12 bits per heavy atom. The molecule has 4 rings (SSSR count). The van der Waals surface area contributed by atoms with Crippen molar-refractivity contribution in [3.8, 4) is 0 Å². The summed E-state index contributed by atoms with van der Waals surface area (Å²) >= 11 is 0. The van der Waals surface area contributed by atoms with Crippen LogP contribution in [-0.4, -0.2) is 25.3 Å². The van der Waals surface area contributed by atoms with E-state index in [9.17, 15) is 5.11 Å². The summed E-state index contributed by atoms with van der Waals surface area (Å²) < 4.78 is 0. The summed E-state index contributed by atoms with van der Waals surface area (Å²) in [5.41, 5.74) is 0.539. The minimum Gasteiger partial charge on any atom is -0.396 e. The minimum atomic E-state index is 0.0950. The maximum atomic E-state index is 9.94. The highest BCUT2D eigenvalue weighted by molar-refractivity contribution is 5.08. The van der Waals surface area contributed by atoms with Gasteiger partial charge in [-0.2, -0.15) is 0 Å². The summed E-state index contributed by atoms with van der Waals surface area (Å²) in [5, 5.41) is 13.3. The van der Waals surface area contributed by atoms with E-state index in [2.05, 4.69) is 12.2 Å². The van der Waals surface area contributed by atoms with Crippen LogP contribution in [0.1, 0.15) is 45.4 Å². The van der Waals surface area contributed by atoms with Gasteiger partial charge in [0.2, 0.25) is 0 Å². The molecule has 2 N–H and O–H groups in total. The molecule has 0 aromatic heterocycles. The number of aliphatic hydroxyl groups is 1. The maximum Gasteiger partial charge on any atom is 0.0502 e. The van der Waals surface area contributed by atoms with Crippen LogP contribution < -0.4 is 5.32 Å². The molecule has 1 unspecified atom stereocenters. The molecule has 0 radical (unpaired) electrons. The molecule has 0 aliphatic heterocycles. The maximum absolute atomic E-state index is 9.94. The van der Waals surface area contributed by atoms with Gasteiger partial charge in [0, 0.05) is 12.0 Å². The molecule has 4 aliphatic rings. The predicted molar refractivity (Wildman–Crippen MR) is 69.7 cm³/mol. The molecule has 0 amide bonds. The number of rotatable bonds is 4. The van der Waals surface area contributed by atoms with Crippen LogP contribution in [-0.2, 0) is 0 Å². The Labute approximate surface area is 105 Å². The largest absolute Gasteiger partial charge is 0.396 e. The molecule has 4 aliphatic carbocycles. The van der Waals surface area contributed by atoms with Gasteiger partial charge < -0.3 is 10.4 Å². The van der Waals surface area contributed by atoms with Crippen molar-refractivity contribution in [2.45, 2.75) is 45.4 Å². The van der Waals surface area contributed by atoms with E-state index in [1.54, 1.807) is 0 Å². The molecular formula is C15H27NO. The molecule has 0 heterocycles. The van der Waals surface area contributed by atoms with Crippen LogP contribution in [0, 0.1) is 28.6 Å². The summed E-state index contributed by atoms with van der Waals surface area (Å²) in [6.45, 7) is 3.63. The molecule has 17 heavy (non-hydrogen) atoms. The fraction of sp³-hybridized carbons (Fsp3) is 1.00. The molecule has 2 nitrogen and oxygen atoms in total. The van der Waals surface area contributed by atoms with Gasteiger partial charge in [0.05, 0.1) is 6.61 Å². The topological polar surface area (TPSA) is 32.3 Å². The van der Waals surface area contributed by atoms with Crippen LogP contribution in [0.2, 0.25) is 0 Å². The van der Waals surface area contributed by atoms with Gasteiger partial charge in [-0.3, -0.25) is 0 Å². The summed E-state index contributed by atoms with van der Waals surface area (Å²) in [4.78, 5) is 0. The van der Waals surface area contributed by atoms with Gasteiger partial charge in [-0.15, -0.1) is 0 Å². The summed E-state index contributed by atoms with van der Waals surface area (Å²) in [6.07, 6.45) is 8.62. The summed E-state index contributed by atoms with van der Waals surface area (Å²) in [5.74, 6) is 2.93. The lowest BCUT2D eigenvalue weighted by Crippen LogP contribution is -2.57. The SMILES string of the molecule is CNCC(C)(CO)C12CC3CC(CC(C3)C1)C2. The number of hydrogen-bond acceptors (Lipinski definition) is 2. The third-order valence-corrected chi connectivity index (χ3v) is 6.23. The van der Waals surface area contributed by atoms with Gasteiger partial charge in [0.15, 0.2) is 0 Å². The quantitative estimate of drug-likeness (QED) is 0.787. The molecule has 1 atom stereocenters. The molecule has 0 aromatic carbocycles. The molecule has 0 aromatic rings. The van der Waals surface area contributed by atoms with Crippen molar-refractivity contribution in [2.24, 2.45) is 28.6 Å². The van der Waals surface area contributed by atoms with Crippen molar-refractivity contribution >= 4 is 0 Å². The zero-order valence-corrected chi connectivity index (χ0v) is 11.3. The second-order valence-electron chi connectivity index (χ2n) is 7.45. The molecule has 4 bridgehead atoms. The zero-order valence-electron chi connectivity index (χ0n) is 11.3. The van der Waals surface area contributed by atoms with Crippen LogP contribution >= 0.6 is 0 Å². The first-order valence-electron chi connectivity index (χ1n) is 7.36. The third kappa shape index (κ3) is 1.67. The highest BCUT2D eigenvalue weighted by Gasteiger charge is 2.58. The zero-order chi connectivity index (χ0) is 12.1. The second kappa shape index (κ2) is 3.96. The molecule has 4 fully saturated rings. The van der Waals surface area contributed by atoms with Gasteiger partial charge in [-0.1, -0.05) is 6.92 Å². The van der Waals surface area contributed by atoms with E-state index in [-0.39, 0.29) is 5.41 Å². The van der Waals surface area contributed by atoms with E-state index in [0.29, 0.717) is 12.0 Å². The van der Waals surface area contributed by atoms with Gasteiger partial charge in [0.25, 0.3) is 0 Å². The van der Waals surface area contributed by atoms with Gasteiger partial charge in [-0.05, 0) is 68.7 Å². The van der Waals surface area contributed by atoms with E-state index in [1.807, 2.05) is 7.05 Å². The molecule has 98 valence electrons. The van der Waals surface area contributed by atoms with Crippen LogP contribution in [0.15, 0.2) is 0 Å². The fourth-order valence-corrected chi connectivity index (χ4v) is 5.65. The first-order valence-corrected chi connectivity index (χ1v) is 7.36. The number of hydrogen-bond donors (Lipinski definition) is 2. The van der Waals surface area contributed by atoms with Gasteiger partial charge >= 0.3 is 0 Å². The van der Waals surface area contributed by atoms with Crippen LogP contribution in [0.4, 0.5) is 0 Å². The molecule has 2 heteroatoms. The monoisotopic (exact) mass is 237 g/mol.